The van der Waals surface area contributed by atoms with E-state index in [9.17, 15) is 18.8 Å². The number of amides is 3. The van der Waals surface area contributed by atoms with E-state index >= 15 is 0 Å². The molecule has 0 saturated heterocycles. The molecule has 3 amide bonds. The van der Waals surface area contributed by atoms with Crippen LogP contribution < -0.4 is 21.7 Å². The Labute approximate surface area is 165 Å². The topological polar surface area (TPSA) is 131 Å². The van der Waals surface area contributed by atoms with E-state index in [2.05, 4.69) is 9.69 Å². The molecular formula is C18H22FN5O3S. The minimum absolute atomic E-state index is 0.0481. The molecule has 1 heterocycles. The third-order valence-electron chi connectivity index (χ3n) is 3.87. The van der Waals surface area contributed by atoms with E-state index in [1.165, 1.54) is 18.2 Å². The first-order valence-corrected chi connectivity index (χ1v) is 9.37. The van der Waals surface area contributed by atoms with Gasteiger partial charge in [-0.3, -0.25) is 19.3 Å². The summed E-state index contributed by atoms with van der Waals surface area (Å²) in [5, 5.41) is 2.73. The Balaban J connectivity index is 2.29. The van der Waals surface area contributed by atoms with Crippen molar-refractivity contribution in [3.63, 3.8) is 0 Å². The molecule has 150 valence electrons. The van der Waals surface area contributed by atoms with E-state index in [-0.39, 0.29) is 28.5 Å². The fraction of sp³-hybridized carbons (Fsp3) is 0.333. The van der Waals surface area contributed by atoms with Crippen LogP contribution >= 0.6 is 11.5 Å². The Morgan fingerprint density at radius 3 is 2.61 bits per heavy atom. The lowest BCUT2D eigenvalue weighted by Gasteiger charge is -2.22. The lowest BCUT2D eigenvalue weighted by Crippen LogP contribution is -2.41. The van der Waals surface area contributed by atoms with Crippen LogP contribution in [0.2, 0.25) is 0 Å². The molecule has 0 saturated carbocycles. The molecule has 0 bridgehead atoms. The Hall–Kier alpha value is -3.01. The summed E-state index contributed by atoms with van der Waals surface area (Å²) in [6.45, 7) is 4.16. The van der Waals surface area contributed by atoms with Crippen LogP contribution in [0, 0.1) is 11.7 Å². The average Bonchev–Trinajstić information content (AvgIpc) is 3.00. The SMILES string of the molecule is CC(C)CCNC(=O)CN(C(=O)c1snc(C(N)=O)c1N)c1cccc(F)c1. The van der Waals surface area contributed by atoms with Gasteiger partial charge in [0.15, 0.2) is 5.69 Å². The highest BCUT2D eigenvalue weighted by Gasteiger charge is 2.27. The molecule has 0 aliphatic heterocycles. The minimum Gasteiger partial charge on any atom is -0.395 e. The number of anilines is 2. The highest BCUT2D eigenvalue weighted by molar-refractivity contribution is 7.09. The molecule has 28 heavy (non-hydrogen) atoms. The normalized spacial score (nSPS) is 10.7. The second-order valence-corrected chi connectivity index (χ2v) is 7.32. The number of nitrogens with two attached hydrogens (primary N) is 2. The Morgan fingerprint density at radius 1 is 1.32 bits per heavy atom. The van der Waals surface area contributed by atoms with Crippen molar-refractivity contribution >= 4 is 40.6 Å². The molecule has 0 fully saturated rings. The fourth-order valence-electron chi connectivity index (χ4n) is 2.38. The van der Waals surface area contributed by atoms with Crippen LogP contribution in [-0.4, -0.2) is 35.2 Å². The zero-order valence-corrected chi connectivity index (χ0v) is 16.4. The maximum atomic E-state index is 13.7. The number of aromatic nitrogens is 1. The van der Waals surface area contributed by atoms with Crippen LogP contribution in [-0.2, 0) is 4.79 Å². The van der Waals surface area contributed by atoms with Gasteiger partial charge < -0.3 is 16.8 Å². The highest BCUT2D eigenvalue weighted by Crippen LogP contribution is 2.26. The number of benzene rings is 1. The van der Waals surface area contributed by atoms with Crippen molar-refractivity contribution in [3.8, 4) is 0 Å². The zero-order chi connectivity index (χ0) is 20.8. The van der Waals surface area contributed by atoms with Crippen molar-refractivity contribution in [2.24, 2.45) is 11.7 Å². The molecule has 0 unspecified atom stereocenters. The number of primary amides is 1. The van der Waals surface area contributed by atoms with Gasteiger partial charge in [-0.1, -0.05) is 19.9 Å². The molecule has 1 aromatic carbocycles. The summed E-state index contributed by atoms with van der Waals surface area (Å²) in [4.78, 5) is 37.7. The Bertz CT molecular complexity index is 884. The zero-order valence-electron chi connectivity index (χ0n) is 15.6. The largest absolute Gasteiger partial charge is 0.395 e. The van der Waals surface area contributed by atoms with Crippen LogP contribution in [0.25, 0.3) is 0 Å². The number of nitrogens with zero attached hydrogens (tertiary/aromatic N) is 2. The highest BCUT2D eigenvalue weighted by atomic mass is 32.1. The number of hydrogen-bond donors (Lipinski definition) is 3. The number of halogens is 1. The summed E-state index contributed by atoms with van der Waals surface area (Å²) in [7, 11) is 0. The van der Waals surface area contributed by atoms with Gasteiger partial charge >= 0.3 is 0 Å². The first-order chi connectivity index (χ1) is 13.2. The summed E-state index contributed by atoms with van der Waals surface area (Å²) in [5.74, 6) is -2.10. The average molecular weight is 407 g/mol. The van der Waals surface area contributed by atoms with E-state index in [1.54, 1.807) is 0 Å². The number of carbonyl (C=O) groups is 3. The molecule has 0 aliphatic rings. The predicted octanol–water partition coefficient (Wildman–Crippen LogP) is 1.77. The maximum Gasteiger partial charge on any atom is 0.272 e. The van der Waals surface area contributed by atoms with Crippen LogP contribution in [0.3, 0.4) is 0 Å². The number of nitrogens with one attached hydrogen (secondary N) is 1. The van der Waals surface area contributed by atoms with Crippen molar-refractivity contribution in [1.29, 1.82) is 0 Å². The molecular weight excluding hydrogens is 385 g/mol. The van der Waals surface area contributed by atoms with Crippen LogP contribution in [0.4, 0.5) is 15.8 Å². The van der Waals surface area contributed by atoms with Gasteiger partial charge in [-0.2, -0.15) is 4.37 Å². The van der Waals surface area contributed by atoms with Gasteiger partial charge in [-0.15, -0.1) is 0 Å². The number of hydrogen-bond acceptors (Lipinski definition) is 6. The van der Waals surface area contributed by atoms with Gasteiger partial charge in [0, 0.05) is 12.2 Å². The first kappa shape index (κ1) is 21.3. The van der Waals surface area contributed by atoms with Crippen molar-refractivity contribution < 1.29 is 18.8 Å². The second-order valence-electron chi connectivity index (χ2n) is 6.54. The summed E-state index contributed by atoms with van der Waals surface area (Å²) >= 11 is 0.696. The molecule has 5 N–H and O–H groups in total. The maximum absolute atomic E-state index is 13.7. The van der Waals surface area contributed by atoms with E-state index in [4.69, 9.17) is 11.5 Å². The molecule has 0 aliphatic carbocycles. The molecule has 2 rings (SSSR count). The van der Waals surface area contributed by atoms with E-state index in [0.29, 0.717) is 24.0 Å². The van der Waals surface area contributed by atoms with Gasteiger partial charge in [0.2, 0.25) is 5.91 Å². The number of nitrogen functional groups attached to an aromatic ring is 1. The monoisotopic (exact) mass is 407 g/mol. The molecule has 0 radical (unpaired) electrons. The van der Waals surface area contributed by atoms with Gasteiger partial charge in [-0.25, -0.2) is 4.39 Å². The molecule has 10 heteroatoms. The lowest BCUT2D eigenvalue weighted by molar-refractivity contribution is -0.119. The second kappa shape index (κ2) is 9.27. The van der Waals surface area contributed by atoms with Gasteiger partial charge in [-0.05, 0) is 42.1 Å². The predicted molar refractivity (Wildman–Crippen MR) is 106 cm³/mol. The standard InChI is InChI=1S/C18H22FN5O3S/c1-10(2)6-7-22-13(25)9-24(12-5-3-4-11(19)8-12)18(27)16-14(20)15(17(21)26)23-28-16/h3-5,8,10H,6-7,9,20H2,1-2H3,(H2,21,26)(H,22,25). The summed E-state index contributed by atoms with van der Waals surface area (Å²) < 4.78 is 17.5. The quantitative estimate of drug-likeness (QED) is 0.614. The number of carbonyl (C=O) groups excluding carboxylic acids is 3. The summed E-state index contributed by atoms with van der Waals surface area (Å²) in [5.41, 5.74) is 10.8. The van der Waals surface area contributed by atoms with Crippen molar-refractivity contribution in [2.45, 2.75) is 20.3 Å². The smallest absolute Gasteiger partial charge is 0.272 e. The third kappa shape index (κ3) is 5.26. The molecule has 0 atom stereocenters. The van der Waals surface area contributed by atoms with Crippen molar-refractivity contribution in [2.75, 3.05) is 23.7 Å². The Kier molecular flexibility index (Phi) is 7.05. The van der Waals surface area contributed by atoms with E-state index in [1.807, 2.05) is 13.8 Å². The lowest BCUT2D eigenvalue weighted by atomic mass is 10.1. The van der Waals surface area contributed by atoms with E-state index in [0.717, 1.165) is 17.4 Å². The van der Waals surface area contributed by atoms with Crippen molar-refractivity contribution in [3.05, 3.63) is 40.7 Å². The van der Waals surface area contributed by atoms with Gasteiger partial charge in [0.25, 0.3) is 11.8 Å². The van der Waals surface area contributed by atoms with E-state index < -0.39 is 23.5 Å². The summed E-state index contributed by atoms with van der Waals surface area (Å²) in [6, 6.07) is 5.27. The summed E-state index contributed by atoms with van der Waals surface area (Å²) in [6.07, 6.45) is 0.781. The number of rotatable bonds is 8. The first-order valence-electron chi connectivity index (χ1n) is 8.59. The van der Waals surface area contributed by atoms with Crippen LogP contribution in [0.15, 0.2) is 24.3 Å². The third-order valence-corrected chi connectivity index (χ3v) is 4.72. The molecule has 2 aromatic rings. The van der Waals surface area contributed by atoms with Gasteiger partial charge in [0.1, 0.15) is 17.2 Å². The van der Waals surface area contributed by atoms with Crippen LogP contribution in [0.5, 0.6) is 0 Å². The fourth-order valence-corrected chi connectivity index (χ4v) is 3.13. The van der Waals surface area contributed by atoms with Crippen molar-refractivity contribution in [1.82, 2.24) is 9.69 Å². The Morgan fingerprint density at radius 2 is 2.04 bits per heavy atom. The molecule has 1 aromatic heterocycles. The van der Waals surface area contributed by atoms with Crippen LogP contribution in [0.1, 0.15) is 40.4 Å². The molecule has 8 nitrogen and oxygen atoms in total. The van der Waals surface area contributed by atoms with Gasteiger partial charge in [0.05, 0.1) is 5.69 Å². The minimum atomic E-state index is -0.864. The molecule has 0 spiro atoms.